The summed E-state index contributed by atoms with van der Waals surface area (Å²) in [5.41, 5.74) is 0.647. The monoisotopic (exact) mass is 243 g/mol. The molecule has 1 atom stereocenters. The van der Waals surface area contributed by atoms with Crippen LogP contribution in [-0.2, 0) is 4.74 Å². The van der Waals surface area contributed by atoms with E-state index in [4.69, 9.17) is 4.74 Å². The van der Waals surface area contributed by atoms with E-state index < -0.39 is 0 Å². The average Bonchev–Trinajstić information content (AvgIpc) is 2.43. The van der Waals surface area contributed by atoms with E-state index in [0.717, 1.165) is 10.8 Å². The van der Waals surface area contributed by atoms with E-state index in [1.165, 1.54) is 0 Å². The number of Topliss-reactive ketones (excluding diaryl/α,β-unsaturated/α-hetero) is 1. The lowest BCUT2D eigenvalue weighted by molar-refractivity contribution is 0.0445. The summed E-state index contributed by atoms with van der Waals surface area (Å²) in [5.74, 6) is 0.0173. The van der Waals surface area contributed by atoms with Crippen molar-refractivity contribution in [3.63, 3.8) is 0 Å². The van der Waals surface area contributed by atoms with Gasteiger partial charge in [-0.25, -0.2) is 0 Å². The van der Waals surface area contributed by atoms with Crippen molar-refractivity contribution in [1.82, 2.24) is 4.98 Å². The third-order valence-corrected chi connectivity index (χ3v) is 2.96. The van der Waals surface area contributed by atoms with Crippen molar-refractivity contribution < 1.29 is 9.53 Å². The van der Waals surface area contributed by atoms with Crippen molar-refractivity contribution >= 4 is 16.6 Å². The van der Waals surface area contributed by atoms with Crippen LogP contribution in [0.15, 0.2) is 36.7 Å². The summed E-state index contributed by atoms with van der Waals surface area (Å²) in [6.45, 7) is 4.40. The summed E-state index contributed by atoms with van der Waals surface area (Å²) in [7, 11) is 0. The molecule has 2 aromatic rings. The van der Waals surface area contributed by atoms with E-state index in [0.29, 0.717) is 18.6 Å². The molecule has 1 aromatic carbocycles. The van der Waals surface area contributed by atoms with Gasteiger partial charge in [0, 0.05) is 30.0 Å². The predicted molar refractivity (Wildman–Crippen MR) is 71.8 cm³/mol. The van der Waals surface area contributed by atoms with Crippen LogP contribution >= 0.6 is 0 Å². The van der Waals surface area contributed by atoms with Gasteiger partial charge in [-0.1, -0.05) is 31.2 Å². The molecule has 0 bridgehead atoms. The molecule has 0 aliphatic rings. The first kappa shape index (κ1) is 12.7. The number of hydrogen-bond donors (Lipinski definition) is 0. The molecule has 0 N–H and O–H groups in total. The Bertz CT molecular complexity index is 546. The van der Waals surface area contributed by atoms with Crippen molar-refractivity contribution in [2.75, 3.05) is 6.61 Å². The Morgan fingerprint density at radius 3 is 2.78 bits per heavy atom. The molecule has 3 heteroatoms. The van der Waals surface area contributed by atoms with E-state index in [1.807, 2.05) is 38.1 Å². The Labute approximate surface area is 107 Å². The van der Waals surface area contributed by atoms with Crippen molar-refractivity contribution in [3.8, 4) is 0 Å². The Balaban J connectivity index is 2.44. The van der Waals surface area contributed by atoms with Gasteiger partial charge in [0.15, 0.2) is 5.78 Å². The fourth-order valence-corrected chi connectivity index (χ4v) is 2.07. The highest BCUT2D eigenvalue weighted by atomic mass is 16.5. The number of fused-ring (bicyclic) bond motifs is 1. The van der Waals surface area contributed by atoms with E-state index in [-0.39, 0.29) is 11.9 Å². The first-order valence-electron chi connectivity index (χ1n) is 6.26. The summed E-state index contributed by atoms with van der Waals surface area (Å²) >= 11 is 0. The second-order valence-corrected chi connectivity index (χ2v) is 4.12. The van der Waals surface area contributed by atoms with Gasteiger partial charge < -0.3 is 4.74 Å². The van der Waals surface area contributed by atoms with Crippen LogP contribution in [0.1, 0.15) is 30.6 Å². The normalized spacial score (nSPS) is 12.6. The first-order chi connectivity index (χ1) is 8.77. The van der Waals surface area contributed by atoms with Gasteiger partial charge in [-0.15, -0.1) is 0 Å². The van der Waals surface area contributed by atoms with Crippen molar-refractivity contribution in [2.45, 2.75) is 26.4 Å². The van der Waals surface area contributed by atoms with Gasteiger partial charge in [0.25, 0.3) is 0 Å². The van der Waals surface area contributed by atoms with Crippen molar-refractivity contribution in [3.05, 3.63) is 42.2 Å². The maximum atomic E-state index is 12.4. The number of pyridine rings is 1. The SMILES string of the molecule is CCOC(CC)C(=O)c1cncc2ccccc12. The minimum absolute atomic E-state index is 0.0173. The Morgan fingerprint density at radius 2 is 2.06 bits per heavy atom. The second-order valence-electron chi connectivity index (χ2n) is 4.12. The van der Waals surface area contributed by atoms with Crippen LogP contribution in [0.2, 0.25) is 0 Å². The highest BCUT2D eigenvalue weighted by molar-refractivity contribution is 6.09. The number of nitrogens with zero attached hydrogens (tertiary/aromatic N) is 1. The average molecular weight is 243 g/mol. The fraction of sp³-hybridized carbons (Fsp3) is 0.333. The molecule has 0 saturated carbocycles. The molecule has 0 fully saturated rings. The fourth-order valence-electron chi connectivity index (χ4n) is 2.07. The maximum absolute atomic E-state index is 12.4. The first-order valence-corrected chi connectivity index (χ1v) is 6.26. The molecule has 0 saturated heterocycles. The van der Waals surface area contributed by atoms with Crippen LogP contribution < -0.4 is 0 Å². The topological polar surface area (TPSA) is 39.2 Å². The Hall–Kier alpha value is -1.74. The van der Waals surface area contributed by atoms with Gasteiger partial charge in [0.05, 0.1) is 0 Å². The Morgan fingerprint density at radius 1 is 1.28 bits per heavy atom. The van der Waals surface area contributed by atoms with Gasteiger partial charge in [0.2, 0.25) is 0 Å². The van der Waals surface area contributed by atoms with Crippen molar-refractivity contribution in [2.24, 2.45) is 0 Å². The molecular formula is C15H17NO2. The molecule has 0 aliphatic heterocycles. The van der Waals surface area contributed by atoms with Crippen LogP contribution in [0.5, 0.6) is 0 Å². The standard InChI is InChI=1S/C15H17NO2/c1-3-14(18-4-2)15(17)13-10-16-9-11-7-5-6-8-12(11)13/h5-10,14H,3-4H2,1-2H3. The van der Waals surface area contributed by atoms with Crippen LogP contribution in [0.25, 0.3) is 10.8 Å². The van der Waals surface area contributed by atoms with Gasteiger partial charge in [-0.2, -0.15) is 0 Å². The lowest BCUT2D eigenvalue weighted by Gasteiger charge is -2.14. The Kier molecular flexibility index (Phi) is 4.05. The molecule has 2 rings (SSSR count). The third kappa shape index (κ3) is 2.41. The van der Waals surface area contributed by atoms with E-state index in [9.17, 15) is 4.79 Å². The van der Waals surface area contributed by atoms with E-state index in [2.05, 4.69) is 4.98 Å². The van der Waals surface area contributed by atoms with Gasteiger partial charge in [-0.05, 0) is 18.7 Å². The van der Waals surface area contributed by atoms with Gasteiger partial charge in [0.1, 0.15) is 6.10 Å². The zero-order valence-electron chi connectivity index (χ0n) is 10.7. The molecule has 1 heterocycles. The molecule has 0 radical (unpaired) electrons. The number of rotatable bonds is 5. The largest absolute Gasteiger partial charge is 0.370 e. The lowest BCUT2D eigenvalue weighted by atomic mass is 10.0. The van der Waals surface area contributed by atoms with Crippen LogP contribution in [-0.4, -0.2) is 23.5 Å². The molecule has 0 amide bonds. The molecule has 1 aromatic heterocycles. The van der Waals surface area contributed by atoms with Gasteiger partial charge in [-0.3, -0.25) is 9.78 Å². The minimum atomic E-state index is -0.373. The summed E-state index contributed by atoms with van der Waals surface area (Å²) in [5, 5.41) is 1.92. The zero-order valence-corrected chi connectivity index (χ0v) is 10.7. The van der Waals surface area contributed by atoms with E-state index in [1.54, 1.807) is 12.4 Å². The number of aromatic nitrogens is 1. The third-order valence-electron chi connectivity index (χ3n) is 2.96. The molecule has 3 nitrogen and oxygen atoms in total. The smallest absolute Gasteiger partial charge is 0.193 e. The summed E-state index contributed by atoms with van der Waals surface area (Å²) in [6.07, 6.45) is 3.71. The predicted octanol–water partition coefficient (Wildman–Crippen LogP) is 3.23. The molecule has 0 aliphatic carbocycles. The number of carbonyl (C=O) groups excluding carboxylic acids is 1. The van der Waals surface area contributed by atoms with Crippen LogP contribution in [0.3, 0.4) is 0 Å². The maximum Gasteiger partial charge on any atom is 0.193 e. The van der Waals surface area contributed by atoms with Crippen molar-refractivity contribution in [1.29, 1.82) is 0 Å². The number of benzene rings is 1. The number of ketones is 1. The highest BCUT2D eigenvalue weighted by Crippen LogP contribution is 2.20. The molecule has 18 heavy (non-hydrogen) atoms. The molecule has 0 spiro atoms. The number of ether oxygens (including phenoxy) is 1. The van der Waals surface area contributed by atoms with Gasteiger partial charge >= 0.3 is 0 Å². The number of hydrogen-bond acceptors (Lipinski definition) is 3. The number of carbonyl (C=O) groups is 1. The van der Waals surface area contributed by atoms with E-state index >= 15 is 0 Å². The zero-order chi connectivity index (χ0) is 13.0. The molecule has 1 unspecified atom stereocenters. The molecule has 94 valence electrons. The highest BCUT2D eigenvalue weighted by Gasteiger charge is 2.20. The summed E-state index contributed by atoms with van der Waals surface area (Å²) < 4.78 is 5.48. The van der Waals surface area contributed by atoms with Crippen LogP contribution in [0.4, 0.5) is 0 Å². The summed E-state index contributed by atoms with van der Waals surface area (Å²) in [6, 6.07) is 7.78. The second kappa shape index (κ2) is 5.74. The van der Waals surface area contributed by atoms with Crippen LogP contribution in [0, 0.1) is 0 Å². The minimum Gasteiger partial charge on any atom is -0.370 e. The molecular weight excluding hydrogens is 226 g/mol. The summed E-state index contributed by atoms with van der Waals surface area (Å²) in [4.78, 5) is 16.5. The lowest BCUT2D eigenvalue weighted by Crippen LogP contribution is -2.24. The quantitative estimate of drug-likeness (QED) is 0.757.